The molecule has 0 unspecified atom stereocenters. The zero-order valence-corrected chi connectivity index (χ0v) is 20.0. The van der Waals surface area contributed by atoms with Crippen LogP contribution in [0.1, 0.15) is 27.8 Å². The summed E-state index contributed by atoms with van der Waals surface area (Å²) in [6, 6.07) is 19.7. The number of nitrogens with zero attached hydrogens (tertiary/aromatic N) is 1. The van der Waals surface area contributed by atoms with E-state index >= 15 is 0 Å². The summed E-state index contributed by atoms with van der Waals surface area (Å²) in [4.78, 5) is 1.88. The van der Waals surface area contributed by atoms with E-state index in [1.165, 1.54) is 0 Å². The third-order valence-electron chi connectivity index (χ3n) is 6.29. The van der Waals surface area contributed by atoms with Crippen LogP contribution >= 0.6 is 0 Å². The molecule has 0 saturated carbocycles. The Bertz CT molecular complexity index is 1320. The van der Waals surface area contributed by atoms with Gasteiger partial charge in [0.2, 0.25) is 0 Å². The predicted octanol–water partition coefficient (Wildman–Crippen LogP) is 7.61. The van der Waals surface area contributed by atoms with Gasteiger partial charge in [-0.1, -0.05) is 18.2 Å². The average molecular weight is 456 g/mol. The maximum absolute atomic E-state index is 10.9. The first kappa shape index (κ1) is 23.1. The fourth-order valence-corrected chi connectivity index (χ4v) is 4.02. The van der Waals surface area contributed by atoms with E-state index in [9.17, 15) is 15.3 Å². The van der Waals surface area contributed by atoms with Crippen molar-refractivity contribution in [2.75, 3.05) is 4.90 Å². The van der Waals surface area contributed by atoms with Crippen LogP contribution in [0.4, 0.5) is 17.1 Å². The first-order chi connectivity index (χ1) is 16.2. The Morgan fingerprint density at radius 2 is 1.09 bits per heavy atom. The van der Waals surface area contributed by atoms with Gasteiger partial charge in [0.1, 0.15) is 28.7 Å². The molecule has 0 fully saturated rings. The normalized spacial score (nSPS) is 10.9. The van der Waals surface area contributed by atoms with E-state index in [1.807, 2.05) is 75.9 Å². The molecule has 4 rings (SSSR count). The van der Waals surface area contributed by atoms with E-state index < -0.39 is 0 Å². The topological polar surface area (TPSA) is 73.2 Å². The predicted molar refractivity (Wildman–Crippen MR) is 136 cm³/mol. The first-order valence-corrected chi connectivity index (χ1v) is 11.1. The molecule has 3 N–H and O–H groups in total. The van der Waals surface area contributed by atoms with Crippen LogP contribution in [-0.2, 0) is 0 Å². The van der Waals surface area contributed by atoms with E-state index in [-0.39, 0.29) is 17.2 Å². The van der Waals surface area contributed by atoms with Crippen LogP contribution in [0, 0.1) is 34.6 Å². The molecule has 0 aliphatic heterocycles. The zero-order chi connectivity index (χ0) is 24.6. The molecule has 5 heteroatoms. The molecule has 4 aromatic rings. The number of hydrogen-bond donors (Lipinski definition) is 3. The van der Waals surface area contributed by atoms with Gasteiger partial charge in [0.15, 0.2) is 0 Å². The summed E-state index contributed by atoms with van der Waals surface area (Å²) in [6.07, 6.45) is 0. The van der Waals surface area contributed by atoms with Crippen LogP contribution in [-0.4, -0.2) is 15.3 Å². The molecule has 0 saturated heterocycles. The number of hydrogen-bond acceptors (Lipinski definition) is 5. The maximum atomic E-state index is 10.9. The van der Waals surface area contributed by atoms with E-state index in [1.54, 1.807) is 30.3 Å². The highest BCUT2D eigenvalue weighted by Gasteiger charge is 2.24. The Balaban J connectivity index is 1.91. The van der Waals surface area contributed by atoms with Crippen LogP contribution in [0.3, 0.4) is 0 Å². The van der Waals surface area contributed by atoms with Crippen molar-refractivity contribution in [1.82, 2.24) is 0 Å². The van der Waals surface area contributed by atoms with Crippen molar-refractivity contribution >= 4 is 17.1 Å². The second-order valence-corrected chi connectivity index (χ2v) is 8.63. The van der Waals surface area contributed by atoms with Crippen molar-refractivity contribution in [1.29, 1.82) is 0 Å². The highest BCUT2D eigenvalue weighted by atomic mass is 16.5. The molecular formula is C29H29NO4. The number of anilines is 3. The number of aryl methyl sites for hydroxylation is 3. The molecule has 34 heavy (non-hydrogen) atoms. The van der Waals surface area contributed by atoms with Crippen molar-refractivity contribution in [3.63, 3.8) is 0 Å². The lowest BCUT2D eigenvalue weighted by atomic mass is 10.0. The van der Waals surface area contributed by atoms with Gasteiger partial charge in [-0.15, -0.1) is 0 Å². The number of phenols is 3. The first-order valence-electron chi connectivity index (χ1n) is 11.1. The third-order valence-corrected chi connectivity index (χ3v) is 6.29. The molecule has 0 amide bonds. The summed E-state index contributed by atoms with van der Waals surface area (Å²) >= 11 is 0. The van der Waals surface area contributed by atoms with Gasteiger partial charge in [0, 0.05) is 6.07 Å². The smallest absolute Gasteiger partial charge is 0.139 e. The molecule has 5 nitrogen and oxygen atoms in total. The Morgan fingerprint density at radius 3 is 1.65 bits per heavy atom. The van der Waals surface area contributed by atoms with Gasteiger partial charge < -0.3 is 25.0 Å². The van der Waals surface area contributed by atoms with Gasteiger partial charge in [0.05, 0.1) is 17.1 Å². The summed E-state index contributed by atoms with van der Waals surface area (Å²) in [5.74, 6) is 1.63. The maximum Gasteiger partial charge on any atom is 0.139 e. The number of phenolic OH excluding ortho intramolecular Hbond substituents is 3. The Labute approximate surface area is 200 Å². The summed E-state index contributed by atoms with van der Waals surface area (Å²) in [5, 5.41) is 31.7. The van der Waals surface area contributed by atoms with Crippen molar-refractivity contribution in [2.24, 2.45) is 0 Å². The minimum Gasteiger partial charge on any atom is -0.508 e. The second-order valence-electron chi connectivity index (χ2n) is 8.63. The van der Waals surface area contributed by atoms with E-state index in [0.717, 1.165) is 33.5 Å². The molecule has 174 valence electrons. The lowest BCUT2D eigenvalue weighted by Crippen LogP contribution is -2.14. The van der Waals surface area contributed by atoms with E-state index in [0.29, 0.717) is 22.9 Å². The summed E-state index contributed by atoms with van der Waals surface area (Å²) in [5.41, 5.74) is 6.49. The quantitative estimate of drug-likeness (QED) is 0.289. The fraction of sp³-hybridized carbons (Fsp3) is 0.172. The fourth-order valence-electron chi connectivity index (χ4n) is 4.02. The lowest BCUT2D eigenvalue weighted by Gasteiger charge is -2.31. The Morgan fingerprint density at radius 1 is 0.559 bits per heavy atom. The summed E-state index contributed by atoms with van der Waals surface area (Å²) < 4.78 is 6.08. The minimum absolute atomic E-state index is 0.115. The number of benzene rings is 4. The van der Waals surface area contributed by atoms with Crippen LogP contribution in [0.25, 0.3) is 0 Å². The van der Waals surface area contributed by atoms with Gasteiger partial charge in [-0.2, -0.15) is 0 Å². The Hall–Kier alpha value is -4.12. The molecule has 0 spiro atoms. The van der Waals surface area contributed by atoms with Crippen LogP contribution in [0.5, 0.6) is 28.7 Å². The standard InChI is InChI=1S/C29H29NO4/c1-17-9-12-26(32)28(20(17)4)30(29-21(5)18(2)10-13-27(29)33)22-7-6-8-23(16-22)34-24-11-14-25(31)19(3)15-24/h6-16,31-33H,1-5H3. The van der Waals surface area contributed by atoms with Crippen molar-refractivity contribution in [3.8, 4) is 28.7 Å². The van der Waals surface area contributed by atoms with Gasteiger partial charge in [-0.25, -0.2) is 0 Å². The van der Waals surface area contributed by atoms with Crippen LogP contribution in [0.15, 0.2) is 66.7 Å². The Kier molecular flexibility index (Phi) is 6.12. The number of ether oxygens (including phenoxy) is 1. The number of rotatable bonds is 5. The van der Waals surface area contributed by atoms with Crippen molar-refractivity contribution < 1.29 is 20.1 Å². The van der Waals surface area contributed by atoms with Crippen molar-refractivity contribution in [3.05, 3.63) is 94.5 Å². The van der Waals surface area contributed by atoms with Gasteiger partial charge in [-0.3, -0.25) is 0 Å². The second kappa shape index (κ2) is 9.02. The monoisotopic (exact) mass is 455 g/mol. The van der Waals surface area contributed by atoms with Gasteiger partial charge >= 0.3 is 0 Å². The zero-order valence-electron chi connectivity index (χ0n) is 20.0. The molecule has 0 bridgehead atoms. The highest BCUT2D eigenvalue weighted by Crippen LogP contribution is 2.48. The third kappa shape index (κ3) is 4.25. The number of aromatic hydroxyl groups is 3. The molecule has 0 aliphatic carbocycles. The SMILES string of the molecule is Cc1cc(Oc2cccc(N(c3c(O)ccc(C)c3C)c3c(O)ccc(C)c3C)c2)ccc1O. The molecule has 0 radical (unpaired) electrons. The molecule has 0 aliphatic rings. The van der Waals surface area contributed by atoms with E-state index in [4.69, 9.17) is 4.74 Å². The summed E-state index contributed by atoms with van der Waals surface area (Å²) in [6.45, 7) is 9.71. The highest BCUT2D eigenvalue weighted by molar-refractivity contribution is 5.87. The van der Waals surface area contributed by atoms with Crippen LogP contribution < -0.4 is 9.64 Å². The van der Waals surface area contributed by atoms with Crippen LogP contribution in [0.2, 0.25) is 0 Å². The van der Waals surface area contributed by atoms with E-state index in [2.05, 4.69) is 0 Å². The molecule has 0 atom stereocenters. The molecular weight excluding hydrogens is 426 g/mol. The molecule has 4 aromatic carbocycles. The van der Waals surface area contributed by atoms with Crippen molar-refractivity contribution in [2.45, 2.75) is 34.6 Å². The van der Waals surface area contributed by atoms with Gasteiger partial charge in [-0.05, 0) is 105 Å². The van der Waals surface area contributed by atoms with Gasteiger partial charge in [0.25, 0.3) is 0 Å². The lowest BCUT2D eigenvalue weighted by molar-refractivity contribution is 0.460. The average Bonchev–Trinajstić information content (AvgIpc) is 2.81. The molecule has 0 aromatic heterocycles. The minimum atomic E-state index is 0.115. The largest absolute Gasteiger partial charge is 0.508 e. The molecule has 0 heterocycles. The summed E-state index contributed by atoms with van der Waals surface area (Å²) in [7, 11) is 0.